The van der Waals surface area contributed by atoms with Crippen molar-refractivity contribution in [1.29, 1.82) is 0 Å². The fourth-order valence-corrected chi connectivity index (χ4v) is 2.61. The molecule has 2 aromatic carbocycles. The van der Waals surface area contributed by atoms with E-state index in [4.69, 9.17) is 5.84 Å². The third kappa shape index (κ3) is 3.37. The van der Waals surface area contributed by atoms with Crippen molar-refractivity contribution < 1.29 is 8.78 Å². The summed E-state index contributed by atoms with van der Waals surface area (Å²) in [6.07, 6.45) is 0.397. The van der Waals surface area contributed by atoms with Gasteiger partial charge in [-0.3, -0.25) is 11.3 Å². The number of nitrogens with one attached hydrogen (secondary N) is 1. The van der Waals surface area contributed by atoms with Crippen molar-refractivity contribution in [2.24, 2.45) is 5.84 Å². The third-order valence-electron chi connectivity index (χ3n) is 2.88. The Morgan fingerprint density at radius 1 is 1.16 bits per heavy atom. The van der Waals surface area contributed by atoms with E-state index in [9.17, 15) is 8.78 Å². The molecule has 0 saturated carbocycles. The van der Waals surface area contributed by atoms with Gasteiger partial charge in [0.1, 0.15) is 11.6 Å². The molecule has 1 unspecified atom stereocenters. The van der Waals surface area contributed by atoms with Gasteiger partial charge in [0.05, 0.1) is 6.04 Å². The van der Waals surface area contributed by atoms with Crippen LogP contribution in [0, 0.1) is 11.6 Å². The Morgan fingerprint density at radius 2 is 1.89 bits per heavy atom. The Bertz CT molecular complexity index is 555. The van der Waals surface area contributed by atoms with E-state index in [0.29, 0.717) is 16.5 Å². The number of halogens is 3. The molecule has 3 N–H and O–H groups in total. The predicted molar refractivity (Wildman–Crippen MR) is 74.3 cm³/mol. The minimum absolute atomic E-state index is 0.319. The lowest BCUT2D eigenvalue weighted by molar-refractivity contribution is 0.507. The maximum atomic E-state index is 13.9. The molecule has 0 radical (unpaired) electrons. The highest BCUT2D eigenvalue weighted by Crippen LogP contribution is 2.28. The molecule has 0 heterocycles. The lowest BCUT2D eigenvalue weighted by Crippen LogP contribution is -2.30. The van der Waals surface area contributed by atoms with Crippen LogP contribution in [0.5, 0.6) is 0 Å². The number of rotatable bonds is 4. The molecule has 0 aliphatic heterocycles. The summed E-state index contributed by atoms with van der Waals surface area (Å²) in [7, 11) is 0. The van der Waals surface area contributed by atoms with Gasteiger partial charge in [0.25, 0.3) is 0 Å². The second-order valence-corrected chi connectivity index (χ2v) is 5.04. The maximum absolute atomic E-state index is 13.9. The molecular weight excluding hydrogens is 314 g/mol. The Morgan fingerprint density at radius 3 is 2.53 bits per heavy atom. The second kappa shape index (κ2) is 6.23. The van der Waals surface area contributed by atoms with Crippen LogP contribution in [0.4, 0.5) is 8.78 Å². The van der Waals surface area contributed by atoms with Crippen LogP contribution in [0.15, 0.2) is 46.9 Å². The molecular formula is C14H13BrF2N2. The van der Waals surface area contributed by atoms with Crippen molar-refractivity contribution in [2.75, 3.05) is 0 Å². The van der Waals surface area contributed by atoms with E-state index in [1.807, 2.05) is 0 Å². The van der Waals surface area contributed by atoms with Gasteiger partial charge in [-0.1, -0.05) is 34.1 Å². The minimum Gasteiger partial charge on any atom is -0.271 e. The molecule has 0 aliphatic carbocycles. The summed E-state index contributed by atoms with van der Waals surface area (Å²) in [4.78, 5) is 0. The molecule has 0 aliphatic rings. The minimum atomic E-state index is -0.433. The molecule has 0 spiro atoms. The number of hydrogen-bond acceptors (Lipinski definition) is 2. The fourth-order valence-electron chi connectivity index (χ4n) is 1.99. The predicted octanol–water partition coefficient (Wildman–Crippen LogP) is 3.47. The first-order chi connectivity index (χ1) is 9.11. The molecule has 0 amide bonds. The molecule has 0 aromatic heterocycles. The molecule has 0 bridgehead atoms. The van der Waals surface area contributed by atoms with Gasteiger partial charge in [-0.25, -0.2) is 8.78 Å². The molecule has 2 nitrogen and oxygen atoms in total. The Hall–Kier alpha value is -1.30. The van der Waals surface area contributed by atoms with Crippen molar-refractivity contribution in [2.45, 2.75) is 12.5 Å². The van der Waals surface area contributed by atoms with Crippen LogP contribution in [0.1, 0.15) is 17.2 Å². The van der Waals surface area contributed by atoms with E-state index < -0.39 is 6.04 Å². The van der Waals surface area contributed by atoms with E-state index in [1.54, 1.807) is 24.3 Å². The van der Waals surface area contributed by atoms with E-state index in [1.165, 1.54) is 18.2 Å². The van der Waals surface area contributed by atoms with Crippen LogP contribution >= 0.6 is 15.9 Å². The normalized spacial score (nSPS) is 12.4. The van der Waals surface area contributed by atoms with Crippen LogP contribution in [0.2, 0.25) is 0 Å². The van der Waals surface area contributed by atoms with Gasteiger partial charge < -0.3 is 0 Å². The smallest absolute Gasteiger partial charge is 0.129 e. The molecule has 19 heavy (non-hydrogen) atoms. The first-order valence-corrected chi connectivity index (χ1v) is 6.55. The zero-order chi connectivity index (χ0) is 13.8. The SMILES string of the molecule is NNC(Cc1cccc(F)c1)c1c(F)cccc1Br. The van der Waals surface area contributed by atoms with Crippen molar-refractivity contribution in [3.63, 3.8) is 0 Å². The number of nitrogens with two attached hydrogens (primary N) is 1. The van der Waals surface area contributed by atoms with Crippen LogP contribution in [-0.2, 0) is 6.42 Å². The van der Waals surface area contributed by atoms with Gasteiger partial charge >= 0.3 is 0 Å². The third-order valence-corrected chi connectivity index (χ3v) is 3.57. The summed E-state index contributed by atoms with van der Waals surface area (Å²) in [6, 6.07) is 10.5. The van der Waals surface area contributed by atoms with Crippen LogP contribution in [0.25, 0.3) is 0 Å². The van der Waals surface area contributed by atoms with Gasteiger partial charge in [0.2, 0.25) is 0 Å². The molecule has 1 atom stereocenters. The number of hydrogen-bond donors (Lipinski definition) is 2. The van der Waals surface area contributed by atoms with Crippen molar-refractivity contribution in [3.05, 3.63) is 69.7 Å². The summed E-state index contributed by atoms with van der Waals surface area (Å²) in [6.45, 7) is 0. The highest BCUT2D eigenvalue weighted by Gasteiger charge is 2.18. The summed E-state index contributed by atoms with van der Waals surface area (Å²) < 4.78 is 27.6. The van der Waals surface area contributed by atoms with Crippen LogP contribution in [-0.4, -0.2) is 0 Å². The highest BCUT2D eigenvalue weighted by molar-refractivity contribution is 9.10. The van der Waals surface area contributed by atoms with E-state index in [2.05, 4.69) is 21.4 Å². The van der Waals surface area contributed by atoms with Gasteiger partial charge in [-0.2, -0.15) is 0 Å². The Kier molecular flexibility index (Phi) is 4.63. The average Bonchev–Trinajstić information content (AvgIpc) is 2.37. The summed E-state index contributed by atoms with van der Waals surface area (Å²) >= 11 is 3.31. The summed E-state index contributed by atoms with van der Waals surface area (Å²) in [5, 5.41) is 0. The maximum Gasteiger partial charge on any atom is 0.129 e. The standard InChI is InChI=1S/C14H13BrF2N2/c15-11-5-2-6-12(17)14(11)13(19-18)8-9-3-1-4-10(16)7-9/h1-7,13,19H,8,18H2. The van der Waals surface area contributed by atoms with Crippen molar-refractivity contribution in [1.82, 2.24) is 5.43 Å². The molecule has 5 heteroatoms. The van der Waals surface area contributed by atoms with E-state index in [0.717, 1.165) is 5.56 Å². The van der Waals surface area contributed by atoms with Gasteiger partial charge in [0.15, 0.2) is 0 Å². The van der Waals surface area contributed by atoms with E-state index >= 15 is 0 Å². The van der Waals surface area contributed by atoms with Gasteiger partial charge in [-0.05, 0) is 36.2 Å². The highest BCUT2D eigenvalue weighted by atomic mass is 79.9. The number of hydrazine groups is 1. The van der Waals surface area contributed by atoms with Crippen LogP contribution in [0.3, 0.4) is 0 Å². The largest absolute Gasteiger partial charge is 0.271 e. The molecule has 100 valence electrons. The first-order valence-electron chi connectivity index (χ1n) is 5.76. The van der Waals surface area contributed by atoms with Gasteiger partial charge in [0, 0.05) is 10.0 Å². The quantitative estimate of drug-likeness (QED) is 0.667. The zero-order valence-electron chi connectivity index (χ0n) is 10.0. The molecule has 2 rings (SSSR count). The zero-order valence-corrected chi connectivity index (χ0v) is 11.6. The average molecular weight is 327 g/mol. The van der Waals surface area contributed by atoms with Gasteiger partial charge in [-0.15, -0.1) is 0 Å². The van der Waals surface area contributed by atoms with Crippen molar-refractivity contribution in [3.8, 4) is 0 Å². The lowest BCUT2D eigenvalue weighted by Gasteiger charge is -2.18. The van der Waals surface area contributed by atoms with Crippen molar-refractivity contribution >= 4 is 15.9 Å². The first kappa shape index (κ1) is 14.1. The Balaban J connectivity index is 2.30. The molecule has 0 saturated heterocycles. The fraction of sp³-hybridized carbons (Fsp3) is 0.143. The second-order valence-electron chi connectivity index (χ2n) is 4.19. The topological polar surface area (TPSA) is 38.0 Å². The Labute approximate surface area is 118 Å². The van der Waals surface area contributed by atoms with E-state index in [-0.39, 0.29) is 11.6 Å². The number of benzene rings is 2. The molecule has 0 fully saturated rings. The summed E-state index contributed by atoms with van der Waals surface area (Å²) in [5.74, 6) is 4.83. The molecule has 2 aromatic rings. The monoisotopic (exact) mass is 326 g/mol. The summed E-state index contributed by atoms with van der Waals surface area (Å²) in [5.41, 5.74) is 3.76. The lowest BCUT2D eigenvalue weighted by atomic mass is 9.99. The van der Waals surface area contributed by atoms with Crippen LogP contribution < -0.4 is 11.3 Å².